The molecule has 1 aromatic carbocycles. The topological polar surface area (TPSA) is 47.6 Å². The molecule has 1 aliphatic rings. The van der Waals surface area contributed by atoms with Gasteiger partial charge in [0.25, 0.3) is 0 Å². The number of ether oxygens (including phenoxy) is 2. The summed E-state index contributed by atoms with van der Waals surface area (Å²) in [6.07, 6.45) is 1.26. The molecular formula is C14H19NO3. The van der Waals surface area contributed by atoms with Gasteiger partial charge >= 0.3 is 5.97 Å². The van der Waals surface area contributed by atoms with Gasteiger partial charge in [0, 0.05) is 19.6 Å². The van der Waals surface area contributed by atoms with Crippen molar-refractivity contribution in [2.24, 2.45) is 0 Å². The number of benzene rings is 1. The van der Waals surface area contributed by atoms with E-state index in [1.165, 1.54) is 5.56 Å². The highest BCUT2D eigenvalue weighted by Gasteiger charge is 2.26. The molecule has 1 fully saturated rings. The van der Waals surface area contributed by atoms with Crippen molar-refractivity contribution in [3.05, 3.63) is 35.9 Å². The van der Waals surface area contributed by atoms with Crippen LogP contribution in [0.5, 0.6) is 0 Å². The van der Waals surface area contributed by atoms with Crippen molar-refractivity contribution >= 4 is 5.97 Å². The van der Waals surface area contributed by atoms with Crippen molar-refractivity contribution in [2.45, 2.75) is 25.5 Å². The van der Waals surface area contributed by atoms with Crippen molar-refractivity contribution in [3.8, 4) is 0 Å². The lowest BCUT2D eigenvalue weighted by molar-refractivity contribution is -0.147. The van der Waals surface area contributed by atoms with Gasteiger partial charge in [-0.3, -0.25) is 0 Å². The summed E-state index contributed by atoms with van der Waals surface area (Å²) < 4.78 is 10.3. The summed E-state index contributed by atoms with van der Waals surface area (Å²) in [5, 5.41) is 3.34. The van der Waals surface area contributed by atoms with Gasteiger partial charge in [0.2, 0.25) is 0 Å². The summed E-state index contributed by atoms with van der Waals surface area (Å²) in [5.41, 5.74) is 1.28. The lowest BCUT2D eigenvalue weighted by atomic mass is 10.2. The Hall–Kier alpha value is -1.39. The van der Waals surface area contributed by atoms with Crippen LogP contribution < -0.4 is 5.32 Å². The third-order valence-corrected chi connectivity index (χ3v) is 2.88. The Morgan fingerprint density at radius 1 is 1.33 bits per heavy atom. The molecule has 0 aliphatic carbocycles. The fourth-order valence-electron chi connectivity index (χ4n) is 1.88. The molecule has 0 spiro atoms. The summed E-state index contributed by atoms with van der Waals surface area (Å²) in [6.45, 7) is 2.85. The van der Waals surface area contributed by atoms with Crippen LogP contribution in [-0.4, -0.2) is 31.8 Å². The van der Waals surface area contributed by atoms with E-state index in [0.29, 0.717) is 19.6 Å². The number of rotatable bonds is 7. The van der Waals surface area contributed by atoms with Gasteiger partial charge in [-0.15, -0.1) is 0 Å². The van der Waals surface area contributed by atoms with E-state index in [1.54, 1.807) is 0 Å². The highest BCUT2D eigenvalue weighted by molar-refractivity contribution is 5.76. The van der Waals surface area contributed by atoms with Gasteiger partial charge < -0.3 is 14.8 Å². The van der Waals surface area contributed by atoms with E-state index >= 15 is 0 Å². The van der Waals surface area contributed by atoms with E-state index in [-0.39, 0.29) is 12.1 Å². The lowest BCUT2D eigenvalue weighted by Gasteiger charge is -2.08. The van der Waals surface area contributed by atoms with Crippen LogP contribution in [0.4, 0.5) is 0 Å². The molecule has 0 amide bonds. The minimum Gasteiger partial charge on any atom is -0.464 e. The van der Waals surface area contributed by atoms with Crippen LogP contribution in [0, 0.1) is 0 Å². The molecule has 0 bridgehead atoms. The van der Waals surface area contributed by atoms with E-state index in [4.69, 9.17) is 9.47 Å². The Labute approximate surface area is 107 Å². The second-order valence-corrected chi connectivity index (χ2v) is 4.33. The van der Waals surface area contributed by atoms with Crippen LogP contribution >= 0.6 is 0 Å². The SMILES string of the molecule is O=C1OCCC1OCCCNCc1ccccc1. The smallest absolute Gasteiger partial charge is 0.335 e. The highest BCUT2D eigenvalue weighted by atomic mass is 16.6. The number of esters is 1. The Bertz CT molecular complexity index is 367. The van der Waals surface area contributed by atoms with Gasteiger partial charge in [-0.2, -0.15) is 0 Å². The highest BCUT2D eigenvalue weighted by Crippen LogP contribution is 2.10. The molecule has 0 radical (unpaired) electrons. The minimum atomic E-state index is -0.334. The zero-order valence-corrected chi connectivity index (χ0v) is 10.4. The van der Waals surface area contributed by atoms with Crippen LogP contribution in [0.2, 0.25) is 0 Å². The predicted octanol–water partition coefficient (Wildman–Crippen LogP) is 1.50. The van der Waals surface area contributed by atoms with Gasteiger partial charge in [-0.25, -0.2) is 4.79 Å². The summed E-state index contributed by atoms with van der Waals surface area (Å²) >= 11 is 0. The van der Waals surface area contributed by atoms with Gasteiger partial charge in [0.05, 0.1) is 6.61 Å². The van der Waals surface area contributed by atoms with Crippen molar-refractivity contribution < 1.29 is 14.3 Å². The first-order valence-electron chi connectivity index (χ1n) is 6.39. The number of hydrogen-bond donors (Lipinski definition) is 1. The van der Waals surface area contributed by atoms with Crippen LogP contribution in [0.1, 0.15) is 18.4 Å². The van der Waals surface area contributed by atoms with Gasteiger partial charge in [-0.05, 0) is 18.5 Å². The fraction of sp³-hybridized carbons (Fsp3) is 0.500. The molecule has 1 N–H and O–H groups in total. The Balaban J connectivity index is 1.50. The Morgan fingerprint density at radius 2 is 2.17 bits per heavy atom. The molecule has 18 heavy (non-hydrogen) atoms. The molecule has 2 rings (SSSR count). The van der Waals surface area contributed by atoms with Crippen LogP contribution in [0.25, 0.3) is 0 Å². The maximum absolute atomic E-state index is 11.1. The summed E-state index contributed by atoms with van der Waals surface area (Å²) in [5.74, 6) is -0.216. The first-order valence-corrected chi connectivity index (χ1v) is 6.39. The average molecular weight is 249 g/mol. The third kappa shape index (κ3) is 4.13. The zero-order valence-electron chi connectivity index (χ0n) is 10.4. The molecular weight excluding hydrogens is 230 g/mol. The first-order chi connectivity index (χ1) is 8.86. The zero-order chi connectivity index (χ0) is 12.6. The monoisotopic (exact) mass is 249 g/mol. The number of nitrogens with one attached hydrogen (secondary N) is 1. The lowest BCUT2D eigenvalue weighted by Crippen LogP contribution is -2.21. The number of hydrogen-bond acceptors (Lipinski definition) is 4. The van der Waals surface area contributed by atoms with Crippen molar-refractivity contribution in [3.63, 3.8) is 0 Å². The molecule has 1 aliphatic heterocycles. The van der Waals surface area contributed by atoms with Crippen molar-refractivity contribution in [2.75, 3.05) is 19.8 Å². The molecule has 0 saturated carbocycles. The van der Waals surface area contributed by atoms with Gasteiger partial charge in [0.15, 0.2) is 6.10 Å². The maximum Gasteiger partial charge on any atom is 0.335 e. The van der Waals surface area contributed by atoms with E-state index in [1.807, 2.05) is 18.2 Å². The largest absolute Gasteiger partial charge is 0.464 e. The van der Waals surface area contributed by atoms with Gasteiger partial charge in [0.1, 0.15) is 0 Å². The quantitative estimate of drug-likeness (QED) is 0.587. The average Bonchev–Trinajstić information content (AvgIpc) is 2.81. The molecule has 98 valence electrons. The van der Waals surface area contributed by atoms with Crippen LogP contribution in [-0.2, 0) is 20.8 Å². The standard InChI is InChI=1S/C14H19NO3/c16-14-13(7-10-18-14)17-9-4-8-15-11-12-5-2-1-3-6-12/h1-3,5-6,13,15H,4,7-11H2. The minimum absolute atomic E-state index is 0.216. The summed E-state index contributed by atoms with van der Waals surface area (Å²) in [4.78, 5) is 11.1. The number of carbonyl (C=O) groups is 1. The number of carbonyl (C=O) groups excluding carboxylic acids is 1. The summed E-state index contributed by atoms with van der Waals surface area (Å²) in [6, 6.07) is 10.3. The Kier molecular flexibility index (Phi) is 5.17. The second-order valence-electron chi connectivity index (χ2n) is 4.33. The van der Waals surface area contributed by atoms with Crippen molar-refractivity contribution in [1.82, 2.24) is 5.32 Å². The molecule has 4 heteroatoms. The van der Waals surface area contributed by atoms with Crippen LogP contribution in [0.15, 0.2) is 30.3 Å². The van der Waals surface area contributed by atoms with E-state index in [2.05, 4.69) is 17.4 Å². The van der Waals surface area contributed by atoms with Crippen LogP contribution in [0.3, 0.4) is 0 Å². The Morgan fingerprint density at radius 3 is 2.89 bits per heavy atom. The molecule has 0 aromatic heterocycles. The molecule has 1 atom stereocenters. The van der Waals surface area contributed by atoms with E-state index in [0.717, 1.165) is 19.5 Å². The predicted molar refractivity (Wildman–Crippen MR) is 68.1 cm³/mol. The second kappa shape index (κ2) is 7.13. The molecule has 1 heterocycles. The summed E-state index contributed by atoms with van der Waals surface area (Å²) in [7, 11) is 0. The maximum atomic E-state index is 11.1. The first kappa shape index (κ1) is 13.1. The molecule has 1 aromatic rings. The van der Waals surface area contributed by atoms with E-state index < -0.39 is 0 Å². The van der Waals surface area contributed by atoms with Crippen molar-refractivity contribution in [1.29, 1.82) is 0 Å². The molecule has 4 nitrogen and oxygen atoms in total. The molecule has 1 unspecified atom stereocenters. The van der Waals surface area contributed by atoms with E-state index in [9.17, 15) is 4.79 Å². The number of cyclic esters (lactones) is 1. The fourth-order valence-corrected chi connectivity index (χ4v) is 1.88. The third-order valence-electron chi connectivity index (χ3n) is 2.88. The van der Waals surface area contributed by atoms with Gasteiger partial charge in [-0.1, -0.05) is 30.3 Å². The molecule has 1 saturated heterocycles. The normalized spacial score (nSPS) is 18.9.